The molecular weight excluding hydrogens is 248 g/mol. The molecule has 1 aliphatic heterocycles. The molecule has 0 atom stereocenters. The van der Waals surface area contributed by atoms with Crippen LogP contribution >= 0.6 is 11.6 Å². The predicted molar refractivity (Wildman–Crippen MR) is 75.0 cm³/mol. The first-order valence-electron chi connectivity index (χ1n) is 6.66. The SMILES string of the molecule is CCCC1(CNc2ncncc2Cl)CCNCC1. The minimum absolute atomic E-state index is 0.383. The van der Waals surface area contributed by atoms with Crippen LogP contribution in [0.15, 0.2) is 12.5 Å². The van der Waals surface area contributed by atoms with Crippen molar-refractivity contribution in [2.24, 2.45) is 5.41 Å². The summed E-state index contributed by atoms with van der Waals surface area (Å²) in [7, 11) is 0. The van der Waals surface area contributed by atoms with Crippen molar-refractivity contribution in [3.63, 3.8) is 0 Å². The smallest absolute Gasteiger partial charge is 0.148 e. The number of hydrogen-bond donors (Lipinski definition) is 2. The lowest BCUT2D eigenvalue weighted by Crippen LogP contribution is -2.41. The van der Waals surface area contributed by atoms with Gasteiger partial charge in [-0.2, -0.15) is 0 Å². The van der Waals surface area contributed by atoms with Crippen LogP contribution in [0, 0.1) is 5.41 Å². The average Bonchev–Trinajstić information content (AvgIpc) is 2.39. The zero-order valence-electron chi connectivity index (χ0n) is 10.9. The van der Waals surface area contributed by atoms with Gasteiger partial charge in [-0.25, -0.2) is 9.97 Å². The Kier molecular flexibility index (Phi) is 4.78. The van der Waals surface area contributed by atoms with Crippen LogP contribution in [0.4, 0.5) is 5.82 Å². The molecule has 1 fully saturated rings. The summed E-state index contributed by atoms with van der Waals surface area (Å²) in [6, 6.07) is 0. The topological polar surface area (TPSA) is 49.8 Å². The van der Waals surface area contributed by atoms with E-state index in [0.717, 1.165) is 25.5 Å². The van der Waals surface area contributed by atoms with E-state index in [-0.39, 0.29) is 0 Å². The van der Waals surface area contributed by atoms with Crippen LogP contribution in [0.5, 0.6) is 0 Å². The van der Waals surface area contributed by atoms with Gasteiger partial charge in [-0.05, 0) is 37.8 Å². The van der Waals surface area contributed by atoms with Crippen LogP contribution in [-0.2, 0) is 0 Å². The molecule has 18 heavy (non-hydrogen) atoms. The Bertz CT molecular complexity index is 371. The molecule has 0 bridgehead atoms. The lowest BCUT2D eigenvalue weighted by molar-refractivity contribution is 0.199. The number of piperidine rings is 1. The van der Waals surface area contributed by atoms with Crippen molar-refractivity contribution in [3.05, 3.63) is 17.5 Å². The van der Waals surface area contributed by atoms with Crippen molar-refractivity contribution in [1.82, 2.24) is 15.3 Å². The van der Waals surface area contributed by atoms with Gasteiger partial charge in [0.15, 0.2) is 0 Å². The average molecular weight is 269 g/mol. The third-order valence-electron chi connectivity index (χ3n) is 3.74. The minimum atomic E-state index is 0.383. The fourth-order valence-corrected chi connectivity index (χ4v) is 2.89. The highest BCUT2D eigenvalue weighted by Crippen LogP contribution is 2.34. The molecule has 5 heteroatoms. The molecule has 1 aromatic rings. The fourth-order valence-electron chi connectivity index (χ4n) is 2.72. The second-order valence-corrected chi connectivity index (χ2v) is 5.48. The molecular formula is C13H21ClN4. The molecule has 1 aliphatic rings. The summed E-state index contributed by atoms with van der Waals surface area (Å²) in [5, 5.41) is 7.42. The van der Waals surface area contributed by atoms with Crippen LogP contribution in [0.25, 0.3) is 0 Å². The number of nitrogens with zero attached hydrogens (tertiary/aromatic N) is 2. The Labute approximate surface area is 114 Å². The summed E-state index contributed by atoms with van der Waals surface area (Å²) < 4.78 is 0. The summed E-state index contributed by atoms with van der Waals surface area (Å²) in [6.45, 7) is 5.42. The number of anilines is 1. The maximum atomic E-state index is 6.06. The molecule has 0 aromatic carbocycles. The molecule has 1 saturated heterocycles. The number of aromatic nitrogens is 2. The normalized spacial score (nSPS) is 18.6. The first-order chi connectivity index (χ1) is 8.76. The predicted octanol–water partition coefficient (Wildman–Crippen LogP) is 2.71. The van der Waals surface area contributed by atoms with E-state index >= 15 is 0 Å². The van der Waals surface area contributed by atoms with Gasteiger partial charge in [0, 0.05) is 6.54 Å². The Morgan fingerprint density at radius 1 is 1.44 bits per heavy atom. The van der Waals surface area contributed by atoms with Gasteiger partial charge in [-0.15, -0.1) is 0 Å². The maximum Gasteiger partial charge on any atom is 0.148 e. The fraction of sp³-hybridized carbons (Fsp3) is 0.692. The van der Waals surface area contributed by atoms with Gasteiger partial charge in [0.05, 0.1) is 6.20 Å². The molecule has 4 nitrogen and oxygen atoms in total. The van der Waals surface area contributed by atoms with Crippen LogP contribution in [0.2, 0.25) is 5.02 Å². The molecule has 0 aliphatic carbocycles. The summed E-state index contributed by atoms with van der Waals surface area (Å²) in [5.41, 5.74) is 0.383. The number of nitrogens with one attached hydrogen (secondary N) is 2. The first kappa shape index (κ1) is 13.6. The van der Waals surface area contributed by atoms with Crippen LogP contribution < -0.4 is 10.6 Å². The van der Waals surface area contributed by atoms with E-state index in [1.54, 1.807) is 6.20 Å². The van der Waals surface area contributed by atoms with Gasteiger partial charge in [-0.3, -0.25) is 0 Å². The molecule has 0 radical (unpaired) electrons. The van der Waals surface area contributed by atoms with Crippen molar-refractivity contribution in [2.45, 2.75) is 32.6 Å². The van der Waals surface area contributed by atoms with Crippen molar-refractivity contribution in [1.29, 1.82) is 0 Å². The lowest BCUT2D eigenvalue weighted by Gasteiger charge is -2.38. The molecule has 0 spiro atoms. The Hall–Kier alpha value is -0.870. The highest BCUT2D eigenvalue weighted by atomic mass is 35.5. The third-order valence-corrected chi connectivity index (χ3v) is 4.02. The van der Waals surface area contributed by atoms with Gasteiger partial charge in [0.25, 0.3) is 0 Å². The largest absolute Gasteiger partial charge is 0.368 e. The minimum Gasteiger partial charge on any atom is -0.368 e. The van der Waals surface area contributed by atoms with E-state index in [1.807, 2.05) is 0 Å². The molecule has 2 rings (SSSR count). The van der Waals surface area contributed by atoms with Crippen LogP contribution in [0.3, 0.4) is 0 Å². The molecule has 0 saturated carbocycles. The third kappa shape index (κ3) is 3.33. The molecule has 0 amide bonds. The Morgan fingerprint density at radius 2 is 2.22 bits per heavy atom. The summed E-state index contributed by atoms with van der Waals surface area (Å²) in [4.78, 5) is 8.08. The molecule has 0 unspecified atom stereocenters. The highest BCUT2D eigenvalue weighted by Gasteiger charge is 2.31. The first-order valence-corrected chi connectivity index (χ1v) is 7.04. The zero-order chi connectivity index (χ0) is 12.8. The van der Waals surface area contributed by atoms with Crippen LogP contribution in [0.1, 0.15) is 32.6 Å². The van der Waals surface area contributed by atoms with E-state index < -0.39 is 0 Å². The Morgan fingerprint density at radius 3 is 2.89 bits per heavy atom. The second kappa shape index (κ2) is 6.34. The van der Waals surface area contributed by atoms with Crippen molar-refractivity contribution in [3.8, 4) is 0 Å². The molecule has 1 aromatic heterocycles. The van der Waals surface area contributed by atoms with E-state index in [4.69, 9.17) is 11.6 Å². The van der Waals surface area contributed by atoms with Crippen molar-refractivity contribution >= 4 is 17.4 Å². The number of halogens is 1. The number of rotatable bonds is 5. The molecule has 2 N–H and O–H groups in total. The van der Waals surface area contributed by atoms with Gasteiger partial charge in [0.2, 0.25) is 0 Å². The monoisotopic (exact) mass is 268 g/mol. The van der Waals surface area contributed by atoms with Gasteiger partial charge >= 0.3 is 0 Å². The zero-order valence-corrected chi connectivity index (χ0v) is 11.6. The van der Waals surface area contributed by atoms with Crippen molar-refractivity contribution in [2.75, 3.05) is 25.0 Å². The standard InChI is InChI=1S/C13H21ClN4/c1-2-3-13(4-6-15-7-5-13)9-17-12-11(14)8-16-10-18-12/h8,10,15H,2-7,9H2,1H3,(H,16,17,18). The second-order valence-electron chi connectivity index (χ2n) is 5.07. The summed E-state index contributed by atoms with van der Waals surface area (Å²) in [5.74, 6) is 0.751. The lowest BCUT2D eigenvalue weighted by atomic mass is 9.75. The Balaban J connectivity index is 1.99. The van der Waals surface area contributed by atoms with E-state index in [1.165, 1.54) is 32.0 Å². The summed E-state index contributed by atoms with van der Waals surface area (Å²) in [6.07, 6.45) is 8.07. The quantitative estimate of drug-likeness (QED) is 0.862. The molecule has 2 heterocycles. The van der Waals surface area contributed by atoms with Crippen LogP contribution in [-0.4, -0.2) is 29.6 Å². The van der Waals surface area contributed by atoms with Gasteiger partial charge in [0.1, 0.15) is 17.2 Å². The van der Waals surface area contributed by atoms with Gasteiger partial charge < -0.3 is 10.6 Å². The summed E-state index contributed by atoms with van der Waals surface area (Å²) >= 11 is 6.06. The number of hydrogen-bond acceptors (Lipinski definition) is 4. The van der Waals surface area contributed by atoms with E-state index in [0.29, 0.717) is 10.4 Å². The molecule has 100 valence electrons. The van der Waals surface area contributed by atoms with E-state index in [2.05, 4.69) is 27.5 Å². The maximum absolute atomic E-state index is 6.06. The van der Waals surface area contributed by atoms with E-state index in [9.17, 15) is 0 Å². The van der Waals surface area contributed by atoms with Crippen molar-refractivity contribution < 1.29 is 0 Å². The highest BCUT2D eigenvalue weighted by molar-refractivity contribution is 6.32. The van der Waals surface area contributed by atoms with Gasteiger partial charge in [-0.1, -0.05) is 24.9 Å².